The SMILES string of the molecule is C=CCCOC(=O)[C@H]1[C@@H]2SC3(CC2Br)C(C(=O)N(CC=C)c2ccc(Cl)cc2)N(CCCCCO)C(=O)[C@H]13. The van der Waals surface area contributed by atoms with Gasteiger partial charge in [0.2, 0.25) is 5.91 Å². The summed E-state index contributed by atoms with van der Waals surface area (Å²) in [4.78, 5) is 45.1. The Bertz CT molecular complexity index is 1070. The summed E-state index contributed by atoms with van der Waals surface area (Å²) in [6, 6.07) is 6.29. The van der Waals surface area contributed by atoms with Gasteiger partial charge in [0.15, 0.2) is 0 Å². The van der Waals surface area contributed by atoms with Crippen LogP contribution in [0.4, 0.5) is 5.69 Å². The van der Waals surface area contributed by atoms with Crippen molar-refractivity contribution in [2.45, 2.75) is 53.0 Å². The lowest BCUT2D eigenvalue weighted by molar-refractivity contribution is -0.154. The van der Waals surface area contributed by atoms with Crippen LogP contribution in [0.1, 0.15) is 32.1 Å². The maximum Gasteiger partial charge on any atom is 0.310 e. The number of amides is 2. The Labute approximate surface area is 241 Å². The lowest BCUT2D eigenvalue weighted by Gasteiger charge is -2.37. The fourth-order valence-electron chi connectivity index (χ4n) is 6.05. The molecule has 3 fully saturated rings. The molecule has 4 rings (SSSR count). The highest BCUT2D eigenvalue weighted by atomic mass is 79.9. The predicted molar refractivity (Wildman–Crippen MR) is 155 cm³/mol. The number of aliphatic hydroxyl groups is 1. The lowest BCUT2D eigenvalue weighted by atomic mass is 9.71. The van der Waals surface area contributed by atoms with E-state index in [0.29, 0.717) is 42.9 Å². The summed E-state index contributed by atoms with van der Waals surface area (Å²) < 4.78 is 4.82. The van der Waals surface area contributed by atoms with Crippen molar-refractivity contribution in [2.75, 3.05) is 31.2 Å². The zero-order chi connectivity index (χ0) is 27.4. The van der Waals surface area contributed by atoms with E-state index in [1.54, 1.807) is 58.0 Å². The third-order valence-electron chi connectivity index (χ3n) is 7.63. The minimum atomic E-state index is -0.752. The van der Waals surface area contributed by atoms with Crippen LogP contribution in [0, 0.1) is 11.8 Å². The van der Waals surface area contributed by atoms with Gasteiger partial charge in [0.25, 0.3) is 5.91 Å². The Balaban J connectivity index is 1.72. The quantitative estimate of drug-likeness (QED) is 0.149. The monoisotopic (exact) mass is 624 g/mol. The molecule has 0 aromatic heterocycles. The van der Waals surface area contributed by atoms with Gasteiger partial charge in [-0.15, -0.1) is 24.9 Å². The Kier molecular flexibility index (Phi) is 9.66. The smallest absolute Gasteiger partial charge is 0.310 e. The van der Waals surface area contributed by atoms with E-state index in [4.69, 9.17) is 16.3 Å². The van der Waals surface area contributed by atoms with Crippen LogP contribution in [0.15, 0.2) is 49.6 Å². The number of carbonyl (C=O) groups excluding carboxylic acids is 3. The second-order valence-corrected chi connectivity index (χ2v) is 13.1. The normalized spacial score (nSPS) is 29.3. The number of hydrogen-bond donors (Lipinski definition) is 1. The third-order valence-corrected chi connectivity index (χ3v) is 11.1. The fourth-order valence-corrected chi connectivity index (χ4v) is 9.77. The summed E-state index contributed by atoms with van der Waals surface area (Å²) in [5.74, 6) is -2.01. The molecule has 3 aliphatic rings. The molecule has 3 saturated heterocycles. The number of fused-ring (bicyclic) bond motifs is 1. The van der Waals surface area contributed by atoms with E-state index in [1.807, 2.05) is 0 Å². The molecule has 10 heteroatoms. The predicted octanol–water partition coefficient (Wildman–Crippen LogP) is 4.61. The molecule has 6 atom stereocenters. The van der Waals surface area contributed by atoms with Gasteiger partial charge in [-0.25, -0.2) is 0 Å². The van der Waals surface area contributed by atoms with Gasteiger partial charge in [0, 0.05) is 40.5 Å². The topological polar surface area (TPSA) is 87.2 Å². The van der Waals surface area contributed by atoms with Crippen LogP contribution in [0.5, 0.6) is 0 Å². The fraction of sp³-hybridized carbons (Fsp3) is 0.536. The molecule has 3 aliphatic heterocycles. The van der Waals surface area contributed by atoms with Crippen molar-refractivity contribution in [3.63, 3.8) is 0 Å². The number of ether oxygens (including phenoxy) is 1. The average molecular weight is 626 g/mol. The number of alkyl halides is 1. The number of rotatable bonds is 13. The number of anilines is 1. The van der Waals surface area contributed by atoms with Crippen molar-refractivity contribution in [1.29, 1.82) is 0 Å². The molecule has 0 aliphatic carbocycles. The van der Waals surface area contributed by atoms with Crippen LogP contribution in [-0.2, 0) is 19.1 Å². The van der Waals surface area contributed by atoms with Gasteiger partial charge in [-0.2, -0.15) is 0 Å². The molecule has 1 aromatic rings. The lowest BCUT2D eigenvalue weighted by Crippen LogP contribution is -2.55. The second-order valence-electron chi connectivity index (χ2n) is 9.94. The Morgan fingerprint density at radius 3 is 2.63 bits per heavy atom. The van der Waals surface area contributed by atoms with Gasteiger partial charge < -0.3 is 19.6 Å². The number of nitrogens with zero attached hydrogens (tertiary/aromatic N) is 2. The first-order valence-electron chi connectivity index (χ1n) is 13.0. The molecular formula is C28H34BrClN2O5S. The summed E-state index contributed by atoms with van der Waals surface area (Å²) in [5, 5.41) is 9.63. The molecular weight excluding hydrogens is 592 g/mol. The van der Waals surface area contributed by atoms with Crippen LogP contribution in [0.25, 0.3) is 0 Å². The molecule has 3 unspecified atom stereocenters. The van der Waals surface area contributed by atoms with Crippen molar-refractivity contribution in [3.05, 3.63) is 54.6 Å². The van der Waals surface area contributed by atoms with Crippen LogP contribution in [0.2, 0.25) is 5.02 Å². The standard InChI is InChI=1S/C28H34BrClN2O5S/c1-3-5-16-37-27(36)21-22-25(34)32(14-7-6-8-15-33)24(28(22)17-20(29)23(21)38-28)26(35)31(13-4-2)19-11-9-18(30)10-12-19/h3-4,9-12,20-24,33H,1-2,5-8,13-17H2/t20?,21-,22+,23-,24?,28?/m1/s1. The molecule has 0 saturated carbocycles. The summed E-state index contributed by atoms with van der Waals surface area (Å²) >= 11 is 11.5. The van der Waals surface area contributed by atoms with Gasteiger partial charge in [-0.1, -0.05) is 39.7 Å². The summed E-state index contributed by atoms with van der Waals surface area (Å²) in [5.41, 5.74) is 0.667. The summed E-state index contributed by atoms with van der Waals surface area (Å²) in [6.45, 7) is 8.46. The van der Waals surface area contributed by atoms with Gasteiger partial charge in [-0.3, -0.25) is 14.4 Å². The van der Waals surface area contributed by atoms with Crippen LogP contribution in [-0.4, -0.2) is 75.0 Å². The zero-order valence-electron chi connectivity index (χ0n) is 21.3. The Hall–Kier alpha value is -1.81. The molecule has 1 aromatic carbocycles. The van der Waals surface area contributed by atoms with Crippen molar-refractivity contribution in [2.24, 2.45) is 11.8 Å². The van der Waals surface area contributed by atoms with Crippen LogP contribution in [0.3, 0.4) is 0 Å². The van der Waals surface area contributed by atoms with Crippen molar-refractivity contribution in [3.8, 4) is 0 Å². The molecule has 1 spiro atoms. The highest BCUT2D eigenvalue weighted by Gasteiger charge is 2.76. The summed E-state index contributed by atoms with van der Waals surface area (Å²) in [6.07, 6.45) is 6.50. The first-order chi connectivity index (χ1) is 18.3. The number of thioether (sulfide) groups is 1. The van der Waals surface area contributed by atoms with Crippen molar-refractivity contribution < 1.29 is 24.2 Å². The molecule has 7 nitrogen and oxygen atoms in total. The van der Waals surface area contributed by atoms with Crippen LogP contribution < -0.4 is 4.90 Å². The number of benzene rings is 1. The number of esters is 1. The summed E-state index contributed by atoms with van der Waals surface area (Å²) in [7, 11) is 0. The number of likely N-dealkylation sites (tertiary alicyclic amines) is 1. The minimum absolute atomic E-state index is 0.0264. The molecule has 3 heterocycles. The molecule has 1 N–H and O–H groups in total. The van der Waals surface area contributed by atoms with E-state index in [-0.39, 0.29) is 47.6 Å². The second kappa shape index (κ2) is 12.6. The average Bonchev–Trinajstić information content (AvgIpc) is 3.49. The van der Waals surface area contributed by atoms with Gasteiger partial charge in [-0.05, 0) is 56.4 Å². The van der Waals surface area contributed by atoms with Gasteiger partial charge in [0.1, 0.15) is 6.04 Å². The number of carbonyl (C=O) groups is 3. The number of unbranched alkanes of at least 4 members (excludes halogenated alkanes) is 2. The van der Waals surface area contributed by atoms with E-state index in [1.165, 1.54) is 0 Å². The Morgan fingerprint density at radius 2 is 1.97 bits per heavy atom. The highest BCUT2D eigenvalue weighted by molar-refractivity contribution is 9.09. The Morgan fingerprint density at radius 1 is 1.24 bits per heavy atom. The number of aliphatic hydroxyl groups excluding tert-OH is 1. The number of hydrogen-bond acceptors (Lipinski definition) is 6. The number of halogens is 2. The molecule has 38 heavy (non-hydrogen) atoms. The van der Waals surface area contributed by atoms with Gasteiger partial charge >= 0.3 is 5.97 Å². The third kappa shape index (κ3) is 5.31. The van der Waals surface area contributed by atoms with Gasteiger partial charge in [0.05, 0.1) is 23.2 Å². The van der Waals surface area contributed by atoms with Crippen LogP contribution >= 0.6 is 39.3 Å². The first kappa shape index (κ1) is 29.2. The molecule has 2 amide bonds. The molecule has 206 valence electrons. The van der Waals surface area contributed by atoms with E-state index >= 15 is 0 Å². The molecule has 0 radical (unpaired) electrons. The zero-order valence-corrected chi connectivity index (χ0v) is 24.4. The minimum Gasteiger partial charge on any atom is -0.465 e. The maximum atomic E-state index is 14.4. The van der Waals surface area contributed by atoms with E-state index < -0.39 is 22.6 Å². The largest absolute Gasteiger partial charge is 0.465 e. The van der Waals surface area contributed by atoms with Crippen molar-refractivity contribution in [1.82, 2.24) is 4.90 Å². The maximum absolute atomic E-state index is 14.4. The highest BCUT2D eigenvalue weighted by Crippen LogP contribution is 2.68. The van der Waals surface area contributed by atoms with E-state index in [9.17, 15) is 19.5 Å². The van der Waals surface area contributed by atoms with E-state index in [0.717, 1.165) is 6.42 Å². The van der Waals surface area contributed by atoms with Crippen molar-refractivity contribution >= 4 is 62.8 Å². The molecule has 2 bridgehead atoms. The first-order valence-corrected chi connectivity index (χ1v) is 15.2. The van der Waals surface area contributed by atoms with E-state index in [2.05, 4.69) is 29.1 Å².